The summed E-state index contributed by atoms with van der Waals surface area (Å²) in [6, 6.07) is 11.0. The average Bonchev–Trinajstić information content (AvgIpc) is 2.62. The van der Waals surface area contributed by atoms with Crippen LogP contribution in [0, 0.1) is 34.0 Å². The van der Waals surface area contributed by atoms with E-state index in [-0.39, 0.29) is 16.2 Å². The molecule has 25 heavy (non-hydrogen) atoms. The molecule has 0 amide bonds. The number of benzene rings is 1. The van der Waals surface area contributed by atoms with E-state index in [1.165, 1.54) is 16.4 Å². The maximum absolute atomic E-state index is 12.7. The fraction of sp³-hybridized carbons (Fsp3) is 0.312. The quantitative estimate of drug-likeness (QED) is 0.793. The van der Waals surface area contributed by atoms with Crippen molar-refractivity contribution < 1.29 is 8.42 Å². The highest BCUT2D eigenvalue weighted by atomic mass is 32.2. The van der Waals surface area contributed by atoms with Crippen LogP contribution in [0.1, 0.15) is 0 Å². The van der Waals surface area contributed by atoms with Crippen LogP contribution in [0.2, 0.25) is 0 Å². The molecular formula is C16H16N6O2S. The molecule has 1 aromatic carbocycles. The first-order valence-corrected chi connectivity index (χ1v) is 8.86. The minimum absolute atomic E-state index is 0.0924. The zero-order chi connectivity index (χ0) is 18.4. The van der Waals surface area contributed by atoms with Crippen molar-refractivity contribution in [2.75, 3.05) is 38.5 Å². The Labute approximate surface area is 146 Å². The van der Waals surface area contributed by atoms with Crippen LogP contribution in [0.25, 0.3) is 0 Å². The fourth-order valence-electron chi connectivity index (χ4n) is 2.34. The maximum Gasteiger partial charge on any atom is 0.243 e. The number of anilines is 1. The van der Waals surface area contributed by atoms with Gasteiger partial charge in [-0.1, -0.05) is 6.07 Å². The number of rotatable bonds is 4. The van der Waals surface area contributed by atoms with Crippen LogP contribution in [0.5, 0.6) is 0 Å². The summed E-state index contributed by atoms with van der Waals surface area (Å²) in [6.45, 7) is 2.14. The normalized spacial score (nSPS) is 15.4. The Morgan fingerprint density at radius 2 is 1.72 bits per heavy atom. The third-order valence-corrected chi connectivity index (χ3v) is 5.68. The molecule has 0 saturated carbocycles. The van der Waals surface area contributed by atoms with Crippen LogP contribution in [-0.4, -0.2) is 50.8 Å². The highest BCUT2D eigenvalue weighted by Crippen LogP contribution is 2.22. The first kappa shape index (κ1) is 18.4. The Morgan fingerprint density at radius 1 is 1.08 bits per heavy atom. The van der Waals surface area contributed by atoms with Gasteiger partial charge in [0.05, 0.1) is 4.90 Å². The fourth-order valence-corrected chi connectivity index (χ4v) is 3.81. The first-order chi connectivity index (χ1) is 11.9. The van der Waals surface area contributed by atoms with E-state index in [2.05, 4.69) is 10.2 Å². The average molecular weight is 356 g/mol. The zero-order valence-electron chi connectivity index (χ0n) is 13.6. The second kappa shape index (κ2) is 7.78. The van der Waals surface area contributed by atoms with Gasteiger partial charge in [0.2, 0.25) is 10.0 Å². The summed E-state index contributed by atoms with van der Waals surface area (Å²) < 4.78 is 26.9. The number of allylic oxidation sites excluding steroid dienone is 2. The third kappa shape index (κ3) is 4.14. The molecule has 128 valence electrons. The van der Waals surface area contributed by atoms with Gasteiger partial charge in [0.15, 0.2) is 5.57 Å². The van der Waals surface area contributed by atoms with Crippen molar-refractivity contribution in [3.05, 3.63) is 35.5 Å². The van der Waals surface area contributed by atoms with Crippen LogP contribution < -0.4 is 5.32 Å². The molecule has 1 saturated heterocycles. The lowest BCUT2D eigenvalue weighted by Gasteiger charge is -2.31. The number of piperazine rings is 1. The highest BCUT2D eigenvalue weighted by Gasteiger charge is 2.27. The van der Waals surface area contributed by atoms with Crippen molar-refractivity contribution in [3.63, 3.8) is 0 Å². The Balaban J connectivity index is 2.31. The maximum atomic E-state index is 12.7. The molecule has 1 N–H and O–H groups in total. The predicted molar refractivity (Wildman–Crippen MR) is 90.2 cm³/mol. The molecule has 1 aromatic rings. The van der Waals surface area contributed by atoms with Gasteiger partial charge in [0.25, 0.3) is 0 Å². The van der Waals surface area contributed by atoms with Gasteiger partial charge in [-0.05, 0) is 25.2 Å². The molecular weight excluding hydrogens is 340 g/mol. The number of nitrogens with one attached hydrogen (secondary N) is 1. The molecule has 0 bridgehead atoms. The van der Waals surface area contributed by atoms with Crippen LogP contribution >= 0.6 is 0 Å². The molecule has 0 aromatic heterocycles. The van der Waals surface area contributed by atoms with Crippen molar-refractivity contribution in [2.45, 2.75) is 4.90 Å². The minimum Gasteiger partial charge on any atom is -0.345 e. The van der Waals surface area contributed by atoms with Crippen molar-refractivity contribution in [1.82, 2.24) is 9.21 Å². The molecule has 9 heteroatoms. The topological polar surface area (TPSA) is 124 Å². The summed E-state index contributed by atoms with van der Waals surface area (Å²) in [5.74, 6) is 0. The molecule has 0 aliphatic carbocycles. The van der Waals surface area contributed by atoms with E-state index < -0.39 is 10.0 Å². The van der Waals surface area contributed by atoms with Gasteiger partial charge in [-0.25, -0.2) is 8.42 Å². The molecule has 2 rings (SSSR count). The van der Waals surface area contributed by atoms with Crippen LogP contribution in [0.4, 0.5) is 5.69 Å². The molecule has 8 nitrogen and oxygen atoms in total. The zero-order valence-corrected chi connectivity index (χ0v) is 14.4. The Kier molecular flexibility index (Phi) is 5.74. The number of sulfonamides is 1. The first-order valence-electron chi connectivity index (χ1n) is 7.42. The third-order valence-electron chi connectivity index (χ3n) is 3.79. The van der Waals surface area contributed by atoms with E-state index in [9.17, 15) is 8.42 Å². The van der Waals surface area contributed by atoms with E-state index in [0.717, 1.165) is 0 Å². The van der Waals surface area contributed by atoms with Crippen molar-refractivity contribution in [3.8, 4) is 18.2 Å². The Bertz CT molecular complexity index is 893. The monoisotopic (exact) mass is 356 g/mol. The summed E-state index contributed by atoms with van der Waals surface area (Å²) in [5, 5.41) is 29.4. The summed E-state index contributed by atoms with van der Waals surface area (Å²) >= 11 is 0. The van der Waals surface area contributed by atoms with Gasteiger partial charge < -0.3 is 10.2 Å². The van der Waals surface area contributed by atoms with Crippen LogP contribution in [0.3, 0.4) is 0 Å². The van der Waals surface area contributed by atoms with E-state index in [1.54, 1.807) is 30.3 Å². The number of hydrogen-bond acceptors (Lipinski definition) is 7. The van der Waals surface area contributed by atoms with Gasteiger partial charge in [0, 0.05) is 31.9 Å². The van der Waals surface area contributed by atoms with E-state index in [4.69, 9.17) is 15.8 Å². The number of nitrogens with zero attached hydrogens (tertiary/aromatic N) is 5. The molecule has 0 unspecified atom stereocenters. The summed E-state index contributed by atoms with van der Waals surface area (Å²) in [7, 11) is -1.71. The lowest BCUT2D eigenvalue weighted by molar-refractivity contribution is 0.222. The summed E-state index contributed by atoms with van der Waals surface area (Å²) in [6.07, 6.45) is 0. The van der Waals surface area contributed by atoms with E-state index in [1.807, 2.05) is 7.05 Å². The van der Waals surface area contributed by atoms with Crippen molar-refractivity contribution in [2.24, 2.45) is 0 Å². The molecule has 0 spiro atoms. The molecule has 0 atom stereocenters. The number of hydrogen-bond donors (Lipinski definition) is 1. The minimum atomic E-state index is -3.64. The molecule has 0 radical (unpaired) electrons. The highest BCUT2D eigenvalue weighted by molar-refractivity contribution is 7.89. The van der Waals surface area contributed by atoms with Crippen molar-refractivity contribution >= 4 is 15.7 Å². The Hall–Kier alpha value is -2.90. The standard InChI is InChI=1S/C16H16N6O2S/c1-21-5-7-22(8-6-21)25(23,24)15-4-2-3-14(9-15)20-16(12-19)13(10-17)11-18/h2-4,9,20H,5-8H2,1H3. The molecule has 1 aliphatic heterocycles. The summed E-state index contributed by atoms with van der Waals surface area (Å²) in [5.41, 5.74) is -0.274. The van der Waals surface area contributed by atoms with E-state index in [0.29, 0.717) is 31.9 Å². The smallest absolute Gasteiger partial charge is 0.243 e. The molecule has 1 heterocycles. The van der Waals surface area contributed by atoms with Gasteiger partial charge in [-0.2, -0.15) is 20.1 Å². The lowest BCUT2D eigenvalue weighted by atomic mass is 10.2. The van der Waals surface area contributed by atoms with Crippen molar-refractivity contribution in [1.29, 1.82) is 15.8 Å². The predicted octanol–water partition coefficient (Wildman–Crippen LogP) is 0.859. The second-order valence-corrected chi connectivity index (χ2v) is 7.38. The van der Waals surface area contributed by atoms with Gasteiger partial charge in [-0.3, -0.25) is 0 Å². The lowest BCUT2D eigenvalue weighted by Crippen LogP contribution is -2.47. The Morgan fingerprint density at radius 3 is 2.28 bits per heavy atom. The van der Waals surface area contributed by atoms with Crippen LogP contribution in [0.15, 0.2) is 40.4 Å². The van der Waals surface area contributed by atoms with Gasteiger partial charge in [-0.15, -0.1) is 0 Å². The summed E-state index contributed by atoms with van der Waals surface area (Å²) in [4.78, 5) is 2.15. The SMILES string of the molecule is CN1CCN(S(=O)(=O)c2cccc(NC(C#N)=C(C#N)C#N)c2)CC1. The number of nitriles is 3. The second-order valence-electron chi connectivity index (χ2n) is 5.45. The van der Waals surface area contributed by atoms with Crippen LogP contribution in [-0.2, 0) is 10.0 Å². The largest absolute Gasteiger partial charge is 0.345 e. The number of likely N-dealkylation sites (N-methyl/N-ethyl adjacent to an activating group) is 1. The molecule has 1 aliphatic rings. The molecule has 1 fully saturated rings. The van der Waals surface area contributed by atoms with E-state index >= 15 is 0 Å². The van der Waals surface area contributed by atoms with Gasteiger partial charge in [0.1, 0.15) is 23.9 Å². The van der Waals surface area contributed by atoms with Gasteiger partial charge >= 0.3 is 0 Å².